The Hall–Kier alpha value is -1.56. The molecular formula is C12H22N4O2. The Morgan fingerprint density at radius 3 is 2.83 bits per heavy atom. The van der Waals surface area contributed by atoms with Crippen molar-refractivity contribution in [1.82, 2.24) is 9.78 Å². The molecule has 0 spiro atoms. The Balaban J connectivity index is 2.40. The first-order valence-electron chi connectivity index (χ1n) is 6.09. The van der Waals surface area contributed by atoms with Crippen LogP contribution in [0.3, 0.4) is 0 Å². The van der Waals surface area contributed by atoms with Crippen molar-refractivity contribution >= 4 is 5.91 Å². The predicted molar refractivity (Wildman–Crippen MR) is 69.0 cm³/mol. The number of carbonyl (C=O) groups excluding carboxylic acids is 1. The van der Waals surface area contributed by atoms with Gasteiger partial charge in [0.15, 0.2) is 5.75 Å². The van der Waals surface area contributed by atoms with E-state index in [4.69, 9.17) is 16.2 Å². The number of amides is 1. The second kappa shape index (κ2) is 5.86. The van der Waals surface area contributed by atoms with Crippen molar-refractivity contribution in [3.63, 3.8) is 0 Å². The molecule has 102 valence electrons. The van der Waals surface area contributed by atoms with Gasteiger partial charge in [-0.25, -0.2) is 0 Å². The molecule has 0 aromatic carbocycles. The first-order chi connectivity index (χ1) is 8.31. The highest BCUT2D eigenvalue weighted by atomic mass is 16.5. The van der Waals surface area contributed by atoms with Gasteiger partial charge in [-0.15, -0.1) is 0 Å². The minimum absolute atomic E-state index is 0.129. The van der Waals surface area contributed by atoms with Crippen LogP contribution in [0.4, 0.5) is 0 Å². The van der Waals surface area contributed by atoms with E-state index in [1.807, 2.05) is 20.0 Å². The number of hydrogen-bond donors (Lipinski definition) is 2. The van der Waals surface area contributed by atoms with Gasteiger partial charge in [-0.05, 0) is 33.6 Å². The smallest absolute Gasteiger partial charge is 0.237 e. The van der Waals surface area contributed by atoms with Gasteiger partial charge in [-0.3, -0.25) is 9.48 Å². The molecular weight excluding hydrogens is 232 g/mol. The summed E-state index contributed by atoms with van der Waals surface area (Å²) in [6.45, 7) is 6.25. The fourth-order valence-electron chi connectivity index (χ4n) is 1.53. The minimum atomic E-state index is -0.954. The molecule has 0 aliphatic carbocycles. The first kappa shape index (κ1) is 14.5. The highest BCUT2D eigenvalue weighted by Gasteiger charge is 2.24. The summed E-state index contributed by atoms with van der Waals surface area (Å²) in [6, 6.07) is 0. The van der Waals surface area contributed by atoms with Crippen molar-refractivity contribution in [3.8, 4) is 5.75 Å². The standard InChI is InChI=1S/C12H22N4O2/c1-9(2)18-10-7-15-16(8-10)6-4-5-12(3,14)11(13)17/h7-9H,4-6,14H2,1-3H3,(H2,13,17). The maximum absolute atomic E-state index is 11.0. The fourth-order valence-corrected chi connectivity index (χ4v) is 1.53. The Morgan fingerprint density at radius 2 is 2.28 bits per heavy atom. The molecule has 0 bridgehead atoms. The number of nitrogens with two attached hydrogens (primary N) is 2. The van der Waals surface area contributed by atoms with E-state index >= 15 is 0 Å². The normalized spacial score (nSPS) is 14.5. The SMILES string of the molecule is CC(C)Oc1cnn(CCCC(C)(N)C(N)=O)c1. The maximum atomic E-state index is 11.0. The van der Waals surface area contributed by atoms with E-state index in [2.05, 4.69) is 5.10 Å². The molecule has 0 saturated carbocycles. The van der Waals surface area contributed by atoms with Crippen LogP contribution in [0.5, 0.6) is 5.75 Å². The van der Waals surface area contributed by atoms with Crippen LogP contribution in [0.25, 0.3) is 0 Å². The molecule has 1 atom stereocenters. The second-order valence-corrected chi connectivity index (χ2v) is 4.99. The Kier molecular flexibility index (Phi) is 4.72. The number of ether oxygens (including phenoxy) is 1. The summed E-state index contributed by atoms with van der Waals surface area (Å²) in [7, 11) is 0. The van der Waals surface area contributed by atoms with Gasteiger partial charge < -0.3 is 16.2 Å². The van der Waals surface area contributed by atoms with Crippen LogP contribution >= 0.6 is 0 Å². The lowest BCUT2D eigenvalue weighted by atomic mass is 9.96. The van der Waals surface area contributed by atoms with Crippen molar-refractivity contribution in [3.05, 3.63) is 12.4 Å². The van der Waals surface area contributed by atoms with Crippen LogP contribution < -0.4 is 16.2 Å². The van der Waals surface area contributed by atoms with Crippen molar-refractivity contribution in [2.75, 3.05) is 0 Å². The number of carbonyl (C=O) groups is 1. The van der Waals surface area contributed by atoms with Crippen molar-refractivity contribution < 1.29 is 9.53 Å². The second-order valence-electron chi connectivity index (χ2n) is 4.99. The monoisotopic (exact) mass is 254 g/mol. The summed E-state index contributed by atoms with van der Waals surface area (Å²) in [4.78, 5) is 11.0. The molecule has 4 N–H and O–H groups in total. The molecule has 0 fully saturated rings. The Bertz CT molecular complexity index is 399. The van der Waals surface area contributed by atoms with E-state index < -0.39 is 11.4 Å². The van der Waals surface area contributed by atoms with E-state index in [0.717, 1.165) is 12.2 Å². The van der Waals surface area contributed by atoms with Gasteiger partial charge >= 0.3 is 0 Å². The van der Waals surface area contributed by atoms with Gasteiger partial charge in [0.2, 0.25) is 5.91 Å². The van der Waals surface area contributed by atoms with Crippen LogP contribution in [0, 0.1) is 0 Å². The highest BCUT2D eigenvalue weighted by molar-refractivity contribution is 5.83. The maximum Gasteiger partial charge on any atom is 0.237 e. The minimum Gasteiger partial charge on any atom is -0.488 e. The number of hydrogen-bond acceptors (Lipinski definition) is 4. The van der Waals surface area contributed by atoms with E-state index in [9.17, 15) is 4.79 Å². The molecule has 1 aromatic heterocycles. The lowest BCUT2D eigenvalue weighted by molar-refractivity contribution is -0.122. The molecule has 1 aromatic rings. The summed E-state index contributed by atoms with van der Waals surface area (Å²) >= 11 is 0. The average Bonchev–Trinajstić information content (AvgIpc) is 2.64. The van der Waals surface area contributed by atoms with Crippen LogP contribution in [0.2, 0.25) is 0 Å². The topological polar surface area (TPSA) is 96.2 Å². The molecule has 18 heavy (non-hydrogen) atoms. The summed E-state index contributed by atoms with van der Waals surface area (Å²) in [5.74, 6) is 0.266. The third-order valence-electron chi connectivity index (χ3n) is 2.63. The first-order valence-corrected chi connectivity index (χ1v) is 6.09. The predicted octanol–water partition coefficient (Wildman–Crippen LogP) is 0.653. The van der Waals surface area contributed by atoms with Crippen molar-refractivity contribution in [2.24, 2.45) is 11.5 Å². The highest BCUT2D eigenvalue weighted by Crippen LogP contribution is 2.13. The zero-order valence-electron chi connectivity index (χ0n) is 11.2. The molecule has 0 aliphatic heterocycles. The van der Waals surface area contributed by atoms with Gasteiger partial charge in [0.1, 0.15) is 0 Å². The summed E-state index contributed by atoms with van der Waals surface area (Å²) in [5.41, 5.74) is 10.0. The molecule has 1 rings (SSSR count). The average molecular weight is 254 g/mol. The third-order valence-corrected chi connectivity index (χ3v) is 2.63. The van der Waals surface area contributed by atoms with Gasteiger partial charge in [0, 0.05) is 6.54 Å². The van der Waals surface area contributed by atoms with E-state index in [0.29, 0.717) is 13.0 Å². The van der Waals surface area contributed by atoms with Gasteiger partial charge in [0.25, 0.3) is 0 Å². The molecule has 0 radical (unpaired) electrons. The molecule has 0 saturated heterocycles. The molecule has 6 heteroatoms. The molecule has 1 heterocycles. The van der Waals surface area contributed by atoms with E-state index in [1.165, 1.54) is 0 Å². The van der Waals surface area contributed by atoms with Crippen LogP contribution in [0.15, 0.2) is 12.4 Å². The van der Waals surface area contributed by atoms with E-state index in [1.54, 1.807) is 17.8 Å². The quantitative estimate of drug-likeness (QED) is 0.746. The van der Waals surface area contributed by atoms with Crippen LogP contribution in [-0.4, -0.2) is 27.3 Å². The van der Waals surface area contributed by atoms with Gasteiger partial charge in [-0.2, -0.15) is 5.10 Å². The lowest BCUT2D eigenvalue weighted by Crippen LogP contribution is -2.49. The largest absolute Gasteiger partial charge is 0.488 e. The number of rotatable bonds is 7. The number of nitrogens with zero attached hydrogens (tertiary/aromatic N) is 2. The summed E-state index contributed by atoms with van der Waals surface area (Å²) in [5, 5.41) is 4.17. The number of primary amides is 1. The fraction of sp³-hybridized carbons (Fsp3) is 0.667. The van der Waals surface area contributed by atoms with Gasteiger partial charge in [0.05, 0.1) is 24.0 Å². The summed E-state index contributed by atoms with van der Waals surface area (Å²) < 4.78 is 7.27. The third kappa shape index (κ3) is 4.37. The van der Waals surface area contributed by atoms with Gasteiger partial charge in [-0.1, -0.05) is 0 Å². The van der Waals surface area contributed by atoms with E-state index in [-0.39, 0.29) is 6.10 Å². The van der Waals surface area contributed by atoms with Crippen LogP contribution in [-0.2, 0) is 11.3 Å². The molecule has 0 aliphatic rings. The molecule has 1 amide bonds. The molecule has 6 nitrogen and oxygen atoms in total. The number of aromatic nitrogens is 2. The Labute approximate surface area is 107 Å². The van der Waals surface area contributed by atoms with Crippen LogP contribution in [0.1, 0.15) is 33.6 Å². The Morgan fingerprint density at radius 1 is 1.61 bits per heavy atom. The van der Waals surface area contributed by atoms with Crippen molar-refractivity contribution in [1.29, 1.82) is 0 Å². The zero-order valence-corrected chi connectivity index (χ0v) is 11.2. The molecule has 1 unspecified atom stereocenters. The number of aryl methyl sites for hydroxylation is 1. The zero-order chi connectivity index (χ0) is 13.8. The lowest BCUT2D eigenvalue weighted by Gasteiger charge is -2.19. The summed E-state index contributed by atoms with van der Waals surface area (Å²) in [6.07, 6.45) is 4.90. The van der Waals surface area contributed by atoms with Crippen molar-refractivity contribution in [2.45, 2.75) is 51.8 Å².